The molecule has 4 N–H and O–H groups in total. The molecule has 0 atom stereocenters. The number of primary amides is 1. The molecule has 0 saturated heterocycles. The van der Waals surface area contributed by atoms with Crippen molar-refractivity contribution >= 4 is 23.2 Å². The van der Waals surface area contributed by atoms with Crippen LogP contribution in [0.3, 0.4) is 0 Å². The number of hydrogen-bond donors (Lipinski definition) is 3. The lowest BCUT2D eigenvalue weighted by molar-refractivity contribution is -0.118. The Bertz CT molecular complexity index is 200. The molecule has 0 aromatic rings. The van der Waals surface area contributed by atoms with Gasteiger partial charge in [-0.1, -0.05) is 0 Å². The molecule has 0 fully saturated rings. The fourth-order valence-electron chi connectivity index (χ4n) is 0.955. The highest BCUT2D eigenvalue weighted by Gasteiger charge is 1.96. The molecule has 0 aliphatic rings. The highest BCUT2D eigenvalue weighted by atomic mass is 32.1. The molecule has 0 aliphatic heterocycles. The van der Waals surface area contributed by atoms with Crippen LogP contribution < -0.4 is 16.4 Å². The average Bonchev–Trinajstić information content (AvgIpc) is 2.17. The normalized spacial score (nSPS) is 9.67. The minimum atomic E-state index is -0.254. The summed E-state index contributed by atoms with van der Waals surface area (Å²) in [7, 11) is 1.64. The van der Waals surface area contributed by atoms with Gasteiger partial charge in [-0.3, -0.25) is 4.79 Å². The third-order valence-corrected chi connectivity index (χ3v) is 2.02. The van der Waals surface area contributed by atoms with E-state index in [1.807, 2.05) is 0 Å². The van der Waals surface area contributed by atoms with Gasteiger partial charge in [-0.2, -0.15) is 0 Å². The number of rotatable bonds is 8. The number of carbonyl (C=O) groups is 1. The zero-order valence-corrected chi connectivity index (χ0v) is 9.86. The highest BCUT2D eigenvalue weighted by molar-refractivity contribution is 7.80. The Hall–Kier alpha value is -0.880. The van der Waals surface area contributed by atoms with E-state index in [2.05, 4.69) is 10.6 Å². The van der Waals surface area contributed by atoms with Gasteiger partial charge in [0.15, 0.2) is 5.11 Å². The second kappa shape index (κ2) is 9.67. The van der Waals surface area contributed by atoms with Gasteiger partial charge in [-0.15, -0.1) is 0 Å². The summed E-state index contributed by atoms with van der Waals surface area (Å²) in [6.07, 6.45) is 2.11. The average molecular weight is 233 g/mol. The summed E-state index contributed by atoms with van der Waals surface area (Å²) in [5.74, 6) is -0.254. The largest absolute Gasteiger partial charge is 0.383 e. The quantitative estimate of drug-likeness (QED) is 0.398. The van der Waals surface area contributed by atoms with Crippen LogP contribution in [0.2, 0.25) is 0 Å². The molecule has 0 saturated carbocycles. The van der Waals surface area contributed by atoms with Crippen molar-refractivity contribution in [3.63, 3.8) is 0 Å². The van der Waals surface area contributed by atoms with Crippen molar-refractivity contribution < 1.29 is 9.53 Å². The van der Waals surface area contributed by atoms with Crippen LogP contribution in [-0.2, 0) is 9.53 Å². The molecule has 0 spiro atoms. The van der Waals surface area contributed by atoms with Crippen molar-refractivity contribution in [1.82, 2.24) is 10.6 Å². The van der Waals surface area contributed by atoms with Crippen LogP contribution in [0.1, 0.15) is 19.3 Å². The maximum Gasteiger partial charge on any atom is 0.217 e. The first-order valence-corrected chi connectivity index (χ1v) is 5.36. The molecule has 0 aromatic heterocycles. The Morgan fingerprint density at radius 2 is 2.00 bits per heavy atom. The maximum atomic E-state index is 10.4. The number of amides is 1. The predicted octanol–water partition coefficient (Wildman–Crippen LogP) is -0.247. The van der Waals surface area contributed by atoms with Gasteiger partial charge in [0, 0.05) is 26.6 Å². The second-order valence-electron chi connectivity index (χ2n) is 3.10. The smallest absolute Gasteiger partial charge is 0.217 e. The van der Waals surface area contributed by atoms with Crippen LogP contribution in [0.15, 0.2) is 0 Å². The van der Waals surface area contributed by atoms with Crippen LogP contribution in [-0.4, -0.2) is 37.8 Å². The Kier molecular flexibility index (Phi) is 9.10. The molecule has 5 nitrogen and oxygen atoms in total. The lowest BCUT2D eigenvalue weighted by atomic mass is 10.2. The number of thiocarbonyl (C=S) groups is 1. The zero-order chi connectivity index (χ0) is 11.5. The summed E-state index contributed by atoms with van der Waals surface area (Å²) in [5, 5.41) is 6.63. The van der Waals surface area contributed by atoms with Crippen molar-refractivity contribution in [2.45, 2.75) is 19.3 Å². The molecule has 15 heavy (non-hydrogen) atoms. The molecular weight excluding hydrogens is 214 g/mol. The molecular formula is C9H19N3O2S. The molecule has 6 heteroatoms. The Morgan fingerprint density at radius 3 is 2.60 bits per heavy atom. The van der Waals surface area contributed by atoms with E-state index in [1.54, 1.807) is 7.11 Å². The minimum Gasteiger partial charge on any atom is -0.383 e. The molecule has 0 heterocycles. The third kappa shape index (κ3) is 11.0. The number of hydrogen-bond acceptors (Lipinski definition) is 3. The van der Waals surface area contributed by atoms with Crippen molar-refractivity contribution in [3.8, 4) is 0 Å². The predicted molar refractivity (Wildman–Crippen MR) is 63.5 cm³/mol. The number of unbranched alkanes of at least 4 members (excludes halogenated alkanes) is 1. The zero-order valence-electron chi connectivity index (χ0n) is 9.04. The topological polar surface area (TPSA) is 76.4 Å². The summed E-state index contributed by atoms with van der Waals surface area (Å²) in [6.45, 7) is 2.08. The van der Waals surface area contributed by atoms with E-state index in [4.69, 9.17) is 22.7 Å². The monoisotopic (exact) mass is 233 g/mol. The van der Waals surface area contributed by atoms with Crippen LogP contribution in [0.5, 0.6) is 0 Å². The highest BCUT2D eigenvalue weighted by Crippen LogP contribution is 1.91. The molecule has 0 radical (unpaired) electrons. The Labute approximate surface area is 95.7 Å². The molecule has 0 aromatic carbocycles. The first-order valence-electron chi connectivity index (χ1n) is 4.95. The van der Waals surface area contributed by atoms with Gasteiger partial charge in [0.1, 0.15) is 0 Å². The molecule has 0 rings (SSSR count). The van der Waals surface area contributed by atoms with Gasteiger partial charge in [0.2, 0.25) is 5.91 Å². The number of nitrogens with two attached hydrogens (primary N) is 1. The summed E-state index contributed by atoms with van der Waals surface area (Å²) in [5.41, 5.74) is 5.00. The molecule has 1 amide bonds. The van der Waals surface area contributed by atoms with Gasteiger partial charge in [0.25, 0.3) is 0 Å². The van der Waals surface area contributed by atoms with E-state index in [9.17, 15) is 4.79 Å². The summed E-state index contributed by atoms with van der Waals surface area (Å²) in [4.78, 5) is 10.4. The van der Waals surface area contributed by atoms with Gasteiger partial charge < -0.3 is 21.1 Å². The van der Waals surface area contributed by atoms with Crippen molar-refractivity contribution in [2.24, 2.45) is 5.73 Å². The minimum absolute atomic E-state index is 0.254. The molecule has 0 unspecified atom stereocenters. The second-order valence-corrected chi connectivity index (χ2v) is 3.51. The lowest BCUT2D eigenvalue weighted by Crippen LogP contribution is -2.37. The first kappa shape index (κ1) is 14.1. The summed E-state index contributed by atoms with van der Waals surface area (Å²) < 4.78 is 4.86. The van der Waals surface area contributed by atoms with E-state index in [0.717, 1.165) is 19.4 Å². The summed E-state index contributed by atoms with van der Waals surface area (Å²) >= 11 is 5.00. The van der Waals surface area contributed by atoms with Gasteiger partial charge in [-0.25, -0.2) is 0 Å². The van der Waals surface area contributed by atoms with Crippen molar-refractivity contribution in [2.75, 3.05) is 26.8 Å². The van der Waals surface area contributed by atoms with E-state index in [0.29, 0.717) is 24.7 Å². The van der Waals surface area contributed by atoms with Gasteiger partial charge in [-0.05, 0) is 25.1 Å². The van der Waals surface area contributed by atoms with E-state index in [1.165, 1.54) is 0 Å². The Morgan fingerprint density at radius 1 is 1.33 bits per heavy atom. The fraction of sp³-hybridized carbons (Fsp3) is 0.778. The number of methoxy groups -OCH3 is 1. The fourth-order valence-corrected chi connectivity index (χ4v) is 1.16. The van der Waals surface area contributed by atoms with Crippen molar-refractivity contribution in [3.05, 3.63) is 0 Å². The molecule has 0 aliphatic carbocycles. The van der Waals surface area contributed by atoms with Gasteiger partial charge in [0.05, 0.1) is 6.61 Å². The Balaban J connectivity index is 3.20. The van der Waals surface area contributed by atoms with Crippen molar-refractivity contribution in [1.29, 1.82) is 0 Å². The SMILES string of the molecule is COCCNC(=S)NCCCCC(N)=O. The number of ether oxygens (including phenoxy) is 1. The van der Waals surface area contributed by atoms with E-state index >= 15 is 0 Å². The number of carbonyl (C=O) groups excluding carboxylic acids is 1. The van der Waals surface area contributed by atoms with Crippen LogP contribution in [0, 0.1) is 0 Å². The first-order chi connectivity index (χ1) is 7.16. The van der Waals surface area contributed by atoms with E-state index in [-0.39, 0.29) is 5.91 Å². The van der Waals surface area contributed by atoms with Gasteiger partial charge >= 0.3 is 0 Å². The molecule has 0 bridgehead atoms. The van der Waals surface area contributed by atoms with Crippen LogP contribution in [0.4, 0.5) is 0 Å². The summed E-state index contributed by atoms with van der Waals surface area (Å²) in [6, 6.07) is 0. The third-order valence-electron chi connectivity index (χ3n) is 1.73. The van der Waals surface area contributed by atoms with E-state index < -0.39 is 0 Å². The lowest BCUT2D eigenvalue weighted by Gasteiger charge is -2.09. The molecule has 88 valence electrons. The van der Waals surface area contributed by atoms with Crippen LogP contribution in [0.25, 0.3) is 0 Å². The standard InChI is InChI=1S/C9H19N3O2S/c1-14-7-6-12-9(15)11-5-3-2-4-8(10)13/h2-7H2,1H3,(H2,10,13)(H2,11,12,15). The van der Waals surface area contributed by atoms with Crippen LogP contribution >= 0.6 is 12.2 Å². The number of nitrogens with one attached hydrogen (secondary N) is 2. The maximum absolute atomic E-state index is 10.4.